The van der Waals surface area contributed by atoms with Gasteiger partial charge in [0.25, 0.3) is 0 Å². The van der Waals surface area contributed by atoms with Crippen LogP contribution in [0, 0.1) is 0 Å². The predicted octanol–water partition coefficient (Wildman–Crippen LogP) is 2.33. The quantitative estimate of drug-likeness (QED) is 0.868. The molecule has 0 aromatic carbocycles. The number of carbonyl (C=O) groups excluding carboxylic acids is 1. The molecule has 0 radical (unpaired) electrons. The fourth-order valence-electron chi connectivity index (χ4n) is 1.55. The molecule has 13 heavy (non-hydrogen) atoms. The summed E-state index contributed by atoms with van der Waals surface area (Å²) in [5.74, 6) is 0.191. The molecule has 2 rings (SSSR count). The van der Waals surface area contributed by atoms with Crippen molar-refractivity contribution in [1.29, 1.82) is 0 Å². The molecule has 1 N–H and O–H groups in total. The van der Waals surface area contributed by atoms with Gasteiger partial charge in [0.15, 0.2) is 0 Å². The molecule has 1 unspecified atom stereocenters. The zero-order valence-electron chi connectivity index (χ0n) is 7.05. The molecular formula is C9H10BrNOS. The molecule has 1 aromatic heterocycles. The molecule has 1 fully saturated rings. The van der Waals surface area contributed by atoms with Gasteiger partial charge in [0.05, 0.1) is 0 Å². The van der Waals surface area contributed by atoms with E-state index in [9.17, 15) is 4.79 Å². The lowest BCUT2D eigenvalue weighted by Crippen LogP contribution is -2.27. The summed E-state index contributed by atoms with van der Waals surface area (Å²) < 4.78 is 1.17. The zero-order valence-corrected chi connectivity index (χ0v) is 9.45. The van der Waals surface area contributed by atoms with Gasteiger partial charge in [-0.3, -0.25) is 4.79 Å². The van der Waals surface area contributed by atoms with Crippen LogP contribution >= 0.6 is 27.3 Å². The summed E-state index contributed by atoms with van der Waals surface area (Å²) in [5.41, 5.74) is 1.30. The van der Waals surface area contributed by atoms with Crippen LogP contribution < -0.4 is 5.32 Å². The number of hydrogen-bond donors (Lipinski definition) is 1. The predicted molar refractivity (Wildman–Crippen MR) is 56.9 cm³/mol. The minimum absolute atomic E-state index is 0.191. The van der Waals surface area contributed by atoms with Gasteiger partial charge in [-0.1, -0.05) is 0 Å². The van der Waals surface area contributed by atoms with E-state index >= 15 is 0 Å². The van der Waals surface area contributed by atoms with Crippen LogP contribution in [0.15, 0.2) is 15.2 Å². The van der Waals surface area contributed by atoms with Crippen molar-refractivity contribution < 1.29 is 4.79 Å². The Hall–Kier alpha value is -0.350. The first-order chi connectivity index (χ1) is 6.25. The van der Waals surface area contributed by atoms with E-state index in [2.05, 4.69) is 32.0 Å². The number of nitrogens with one attached hydrogen (secondary N) is 1. The number of hydrogen-bond acceptors (Lipinski definition) is 2. The highest BCUT2D eigenvalue weighted by Crippen LogP contribution is 2.24. The Morgan fingerprint density at radius 1 is 1.62 bits per heavy atom. The van der Waals surface area contributed by atoms with Crippen LogP contribution in [0.3, 0.4) is 0 Å². The molecule has 70 valence electrons. The van der Waals surface area contributed by atoms with Crippen molar-refractivity contribution in [3.63, 3.8) is 0 Å². The maximum absolute atomic E-state index is 10.9. The van der Waals surface area contributed by atoms with E-state index in [0.29, 0.717) is 12.5 Å². The molecule has 1 aliphatic rings. The standard InChI is InChI=1S/C9H10BrNOS/c10-8-5-13-4-6(8)3-7-1-2-9(12)11-7/h4-5,7H,1-3H2,(H,11,12). The first-order valence-corrected chi connectivity index (χ1v) is 5.99. The fourth-order valence-corrected chi connectivity index (χ4v) is 3.03. The molecule has 2 nitrogen and oxygen atoms in total. The van der Waals surface area contributed by atoms with Crippen molar-refractivity contribution in [3.05, 3.63) is 20.8 Å². The topological polar surface area (TPSA) is 29.1 Å². The Balaban J connectivity index is 1.99. The summed E-state index contributed by atoms with van der Waals surface area (Å²) in [7, 11) is 0. The molecule has 0 bridgehead atoms. The van der Waals surface area contributed by atoms with Gasteiger partial charge < -0.3 is 5.32 Å². The van der Waals surface area contributed by atoms with Gasteiger partial charge in [0.2, 0.25) is 5.91 Å². The number of rotatable bonds is 2. The van der Waals surface area contributed by atoms with Gasteiger partial charge in [0.1, 0.15) is 0 Å². The number of amides is 1. The Morgan fingerprint density at radius 2 is 2.46 bits per heavy atom. The molecule has 1 amide bonds. The minimum Gasteiger partial charge on any atom is -0.353 e. The monoisotopic (exact) mass is 259 g/mol. The third kappa shape index (κ3) is 2.11. The number of halogens is 1. The van der Waals surface area contributed by atoms with E-state index in [-0.39, 0.29) is 5.91 Å². The van der Waals surface area contributed by atoms with Gasteiger partial charge in [-0.2, -0.15) is 11.3 Å². The highest BCUT2D eigenvalue weighted by atomic mass is 79.9. The first-order valence-electron chi connectivity index (χ1n) is 4.25. The third-order valence-electron chi connectivity index (χ3n) is 2.24. The molecule has 1 saturated heterocycles. The average molecular weight is 260 g/mol. The van der Waals surface area contributed by atoms with Gasteiger partial charge >= 0.3 is 0 Å². The maximum atomic E-state index is 10.9. The minimum atomic E-state index is 0.191. The summed E-state index contributed by atoms with van der Waals surface area (Å²) in [5, 5.41) is 7.17. The van der Waals surface area contributed by atoms with Crippen molar-refractivity contribution in [2.75, 3.05) is 0 Å². The lowest BCUT2D eigenvalue weighted by atomic mass is 10.1. The molecule has 0 aliphatic carbocycles. The highest BCUT2D eigenvalue weighted by Gasteiger charge is 2.21. The van der Waals surface area contributed by atoms with Crippen molar-refractivity contribution in [3.8, 4) is 0 Å². The van der Waals surface area contributed by atoms with E-state index in [0.717, 1.165) is 12.8 Å². The van der Waals surface area contributed by atoms with E-state index in [1.54, 1.807) is 11.3 Å². The van der Waals surface area contributed by atoms with E-state index in [4.69, 9.17) is 0 Å². The molecule has 0 spiro atoms. The summed E-state index contributed by atoms with van der Waals surface area (Å²) in [6.45, 7) is 0. The molecule has 4 heteroatoms. The zero-order chi connectivity index (χ0) is 9.26. The Labute approximate surface area is 89.5 Å². The van der Waals surface area contributed by atoms with Gasteiger partial charge in [-0.05, 0) is 39.7 Å². The van der Waals surface area contributed by atoms with Gasteiger partial charge in [-0.15, -0.1) is 0 Å². The normalized spacial score (nSPS) is 21.9. The molecule has 1 aliphatic heterocycles. The van der Waals surface area contributed by atoms with E-state index in [1.165, 1.54) is 10.0 Å². The summed E-state index contributed by atoms with van der Waals surface area (Å²) in [4.78, 5) is 10.9. The van der Waals surface area contributed by atoms with E-state index < -0.39 is 0 Å². The number of carbonyl (C=O) groups is 1. The SMILES string of the molecule is O=C1CCC(Cc2cscc2Br)N1. The van der Waals surface area contributed by atoms with Crippen LogP contribution in [0.2, 0.25) is 0 Å². The van der Waals surface area contributed by atoms with Crippen LogP contribution in [0.25, 0.3) is 0 Å². The third-order valence-corrected chi connectivity index (χ3v) is 4.07. The van der Waals surface area contributed by atoms with Gasteiger partial charge in [0, 0.05) is 22.3 Å². The lowest BCUT2D eigenvalue weighted by molar-refractivity contribution is -0.119. The average Bonchev–Trinajstić information content (AvgIpc) is 2.64. The molecule has 1 aromatic rings. The molecule has 1 atom stereocenters. The molecule has 2 heterocycles. The first kappa shape index (κ1) is 9.21. The molecule has 0 saturated carbocycles. The van der Waals surface area contributed by atoms with Crippen molar-refractivity contribution in [1.82, 2.24) is 5.32 Å². The Bertz CT molecular complexity index is 323. The Morgan fingerprint density at radius 3 is 3.00 bits per heavy atom. The Kier molecular flexibility index (Phi) is 2.69. The van der Waals surface area contributed by atoms with Crippen molar-refractivity contribution >= 4 is 33.2 Å². The number of thiophene rings is 1. The van der Waals surface area contributed by atoms with Crippen LogP contribution in [-0.2, 0) is 11.2 Å². The second kappa shape index (κ2) is 3.80. The molecular weight excluding hydrogens is 250 g/mol. The van der Waals surface area contributed by atoms with E-state index in [1.807, 2.05) is 0 Å². The lowest BCUT2D eigenvalue weighted by Gasteiger charge is -2.08. The smallest absolute Gasteiger partial charge is 0.220 e. The summed E-state index contributed by atoms with van der Waals surface area (Å²) in [6, 6.07) is 0.346. The van der Waals surface area contributed by atoms with Gasteiger partial charge in [-0.25, -0.2) is 0 Å². The van der Waals surface area contributed by atoms with Crippen molar-refractivity contribution in [2.24, 2.45) is 0 Å². The second-order valence-electron chi connectivity index (χ2n) is 3.25. The summed E-state index contributed by atoms with van der Waals surface area (Å²) >= 11 is 5.18. The maximum Gasteiger partial charge on any atom is 0.220 e. The van der Waals surface area contributed by atoms with Crippen LogP contribution in [0.5, 0.6) is 0 Å². The van der Waals surface area contributed by atoms with Crippen LogP contribution in [0.4, 0.5) is 0 Å². The second-order valence-corrected chi connectivity index (χ2v) is 4.85. The summed E-state index contributed by atoms with van der Waals surface area (Å²) in [6.07, 6.45) is 2.61. The van der Waals surface area contributed by atoms with Crippen LogP contribution in [0.1, 0.15) is 18.4 Å². The fraction of sp³-hybridized carbons (Fsp3) is 0.444. The largest absolute Gasteiger partial charge is 0.353 e. The van der Waals surface area contributed by atoms with Crippen molar-refractivity contribution in [2.45, 2.75) is 25.3 Å². The van der Waals surface area contributed by atoms with Crippen LogP contribution in [-0.4, -0.2) is 11.9 Å². The highest BCUT2D eigenvalue weighted by molar-refractivity contribution is 9.10.